The molecule has 0 saturated heterocycles. The van der Waals surface area contributed by atoms with Gasteiger partial charge >= 0.3 is 6.18 Å². The van der Waals surface area contributed by atoms with E-state index in [1.807, 2.05) is 0 Å². The molecule has 6 nitrogen and oxygen atoms in total. The van der Waals surface area contributed by atoms with Crippen LogP contribution >= 0.6 is 0 Å². The van der Waals surface area contributed by atoms with Gasteiger partial charge < -0.3 is 20.5 Å². The van der Waals surface area contributed by atoms with E-state index in [2.05, 4.69) is 5.32 Å². The molecule has 1 heterocycles. The van der Waals surface area contributed by atoms with Gasteiger partial charge in [0.1, 0.15) is 0 Å². The lowest BCUT2D eigenvalue weighted by Crippen LogP contribution is -2.28. The van der Waals surface area contributed by atoms with Gasteiger partial charge in [-0.3, -0.25) is 9.59 Å². The van der Waals surface area contributed by atoms with Gasteiger partial charge in [-0.15, -0.1) is 0 Å². The Kier molecular flexibility index (Phi) is 5.00. The van der Waals surface area contributed by atoms with Crippen LogP contribution in [0.5, 0.6) is 11.5 Å². The summed E-state index contributed by atoms with van der Waals surface area (Å²) in [4.78, 5) is 24.4. The number of ether oxygens (including phenoxy) is 2. The number of carbonyl (C=O) groups excluding carboxylic acids is 2. The number of amides is 2. The van der Waals surface area contributed by atoms with Crippen molar-refractivity contribution in [1.29, 1.82) is 0 Å². The second-order valence-electron chi connectivity index (χ2n) is 8.30. The van der Waals surface area contributed by atoms with E-state index in [4.69, 9.17) is 15.2 Å². The van der Waals surface area contributed by atoms with E-state index >= 15 is 0 Å². The number of primary amides is 1. The molecule has 2 amide bonds. The van der Waals surface area contributed by atoms with Gasteiger partial charge in [0.05, 0.1) is 11.0 Å². The van der Waals surface area contributed by atoms with Crippen molar-refractivity contribution in [3.8, 4) is 22.6 Å². The molecule has 0 atom stereocenters. The molecule has 1 aliphatic heterocycles. The molecule has 1 saturated carbocycles. The van der Waals surface area contributed by atoms with Crippen molar-refractivity contribution >= 4 is 17.5 Å². The standard InChI is InChI=1S/C25H19F3N2O4.H2/c26-25(27,28)19-12-17(6-7-18(19)14-1-3-15(4-2-14)22(29)31)30-23(32)24(9-10-24)16-5-8-20-21(11-16)34-13-33-20;/h1-8,11-12H,9-10,13H2,(H2,29,31)(H,30,32);1H. The Bertz CT molecular complexity index is 1310. The van der Waals surface area contributed by atoms with Crippen LogP contribution in [0.2, 0.25) is 0 Å². The van der Waals surface area contributed by atoms with Gasteiger partial charge in [0.2, 0.25) is 18.6 Å². The smallest absolute Gasteiger partial charge is 0.417 e. The Morgan fingerprint density at radius 2 is 1.65 bits per heavy atom. The third-order valence-corrected chi connectivity index (χ3v) is 6.17. The maximum absolute atomic E-state index is 13.9. The minimum atomic E-state index is -4.66. The van der Waals surface area contributed by atoms with Gasteiger partial charge in [0, 0.05) is 12.7 Å². The van der Waals surface area contributed by atoms with E-state index in [0.717, 1.165) is 11.6 Å². The predicted octanol–water partition coefficient (Wildman–Crippen LogP) is 5.12. The topological polar surface area (TPSA) is 90.7 Å². The van der Waals surface area contributed by atoms with Gasteiger partial charge in [-0.25, -0.2) is 0 Å². The molecule has 34 heavy (non-hydrogen) atoms. The number of rotatable bonds is 5. The van der Waals surface area contributed by atoms with E-state index in [9.17, 15) is 22.8 Å². The molecule has 0 spiro atoms. The summed E-state index contributed by atoms with van der Waals surface area (Å²) in [6.45, 7) is 0.107. The number of alkyl halides is 3. The Morgan fingerprint density at radius 1 is 0.941 bits per heavy atom. The van der Waals surface area contributed by atoms with Gasteiger partial charge in [-0.1, -0.05) is 24.3 Å². The molecule has 5 rings (SSSR count). The van der Waals surface area contributed by atoms with E-state index in [1.165, 1.54) is 36.4 Å². The number of anilines is 1. The predicted molar refractivity (Wildman–Crippen MR) is 120 cm³/mol. The Labute approximate surface area is 194 Å². The number of carbonyl (C=O) groups is 2. The third kappa shape index (κ3) is 3.83. The second-order valence-corrected chi connectivity index (χ2v) is 8.30. The van der Waals surface area contributed by atoms with Crippen LogP contribution in [-0.2, 0) is 16.4 Å². The molecule has 3 aromatic rings. The van der Waals surface area contributed by atoms with Crippen LogP contribution in [0.25, 0.3) is 11.1 Å². The Morgan fingerprint density at radius 3 is 2.29 bits per heavy atom. The van der Waals surface area contributed by atoms with Gasteiger partial charge in [0.15, 0.2) is 11.5 Å². The van der Waals surface area contributed by atoms with Crippen molar-refractivity contribution < 1.29 is 33.7 Å². The lowest BCUT2D eigenvalue weighted by molar-refractivity contribution is -0.137. The zero-order valence-electron chi connectivity index (χ0n) is 17.7. The molecule has 1 fully saturated rings. The van der Waals surface area contributed by atoms with Crippen LogP contribution in [0.4, 0.5) is 18.9 Å². The molecule has 176 valence electrons. The first-order valence-corrected chi connectivity index (χ1v) is 10.5. The normalized spacial score (nSPS) is 15.6. The molecule has 0 aromatic heterocycles. The lowest BCUT2D eigenvalue weighted by atomic mass is 9.94. The third-order valence-electron chi connectivity index (χ3n) is 6.17. The molecule has 3 N–H and O–H groups in total. The Hall–Kier alpha value is -4.01. The monoisotopic (exact) mass is 470 g/mol. The van der Waals surface area contributed by atoms with Crippen LogP contribution in [0.3, 0.4) is 0 Å². The highest BCUT2D eigenvalue weighted by Crippen LogP contribution is 2.51. The molecule has 3 aromatic carbocycles. The second kappa shape index (κ2) is 7.79. The van der Waals surface area contributed by atoms with Crippen LogP contribution in [0, 0.1) is 0 Å². The summed E-state index contributed by atoms with van der Waals surface area (Å²) in [7, 11) is 0. The number of hydrogen-bond acceptors (Lipinski definition) is 4. The lowest BCUT2D eigenvalue weighted by Gasteiger charge is -2.19. The SMILES string of the molecule is NC(=O)c1ccc(-c2ccc(NC(=O)C3(c4ccc5c(c4)OCO5)CC3)cc2C(F)(F)F)cc1.[HH]. The fourth-order valence-corrected chi connectivity index (χ4v) is 4.14. The molecule has 2 aliphatic rings. The minimum Gasteiger partial charge on any atom is -0.454 e. The maximum atomic E-state index is 13.9. The van der Waals surface area contributed by atoms with Crippen molar-refractivity contribution in [2.45, 2.75) is 24.4 Å². The van der Waals surface area contributed by atoms with Crippen molar-refractivity contribution in [2.24, 2.45) is 5.73 Å². The highest BCUT2D eigenvalue weighted by Gasteiger charge is 2.51. The van der Waals surface area contributed by atoms with Gasteiger partial charge in [-0.05, 0) is 65.9 Å². The van der Waals surface area contributed by atoms with E-state index in [-0.39, 0.29) is 36.5 Å². The van der Waals surface area contributed by atoms with Gasteiger partial charge in [0.25, 0.3) is 0 Å². The summed E-state index contributed by atoms with van der Waals surface area (Å²) in [5.74, 6) is 0.0898. The first-order chi connectivity index (χ1) is 16.2. The van der Waals surface area contributed by atoms with E-state index in [1.54, 1.807) is 18.2 Å². The van der Waals surface area contributed by atoms with E-state index in [0.29, 0.717) is 24.3 Å². The van der Waals surface area contributed by atoms with Crippen LogP contribution in [-0.4, -0.2) is 18.6 Å². The number of fused-ring (bicyclic) bond motifs is 1. The van der Waals surface area contributed by atoms with E-state index < -0.39 is 23.1 Å². The summed E-state index contributed by atoms with van der Waals surface area (Å²) in [5.41, 5.74) is 4.66. The summed E-state index contributed by atoms with van der Waals surface area (Å²) in [6, 6.07) is 14.5. The average Bonchev–Trinajstić information content (AvgIpc) is 3.49. The van der Waals surface area contributed by atoms with Crippen LogP contribution < -0.4 is 20.5 Å². The molecular weight excluding hydrogens is 449 g/mol. The molecule has 0 unspecified atom stereocenters. The van der Waals surface area contributed by atoms with Crippen LogP contribution in [0.15, 0.2) is 60.7 Å². The summed E-state index contributed by atoms with van der Waals surface area (Å²) >= 11 is 0. The number of hydrogen-bond donors (Lipinski definition) is 2. The molecule has 1 aliphatic carbocycles. The van der Waals surface area contributed by atoms with Crippen molar-refractivity contribution in [2.75, 3.05) is 12.1 Å². The number of nitrogens with two attached hydrogens (primary N) is 1. The zero-order chi connectivity index (χ0) is 24.1. The average molecular weight is 470 g/mol. The molecular formula is C25H21F3N2O4. The quantitative estimate of drug-likeness (QED) is 0.542. The highest BCUT2D eigenvalue weighted by molar-refractivity contribution is 6.02. The maximum Gasteiger partial charge on any atom is 0.417 e. The molecule has 9 heteroatoms. The van der Waals surface area contributed by atoms with Gasteiger partial charge in [-0.2, -0.15) is 13.2 Å². The molecule has 0 bridgehead atoms. The number of nitrogens with one attached hydrogen (secondary N) is 1. The minimum absolute atomic E-state index is 0. The van der Waals surface area contributed by atoms with Crippen LogP contribution in [0.1, 0.15) is 35.8 Å². The zero-order valence-corrected chi connectivity index (χ0v) is 17.7. The first kappa shape index (κ1) is 21.8. The Balaban J connectivity index is 0.00000289. The highest BCUT2D eigenvalue weighted by atomic mass is 19.4. The fourth-order valence-electron chi connectivity index (χ4n) is 4.14. The summed E-state index contributed by atoms with van der Waals surface area (Å²) in [5, 5.41) is 2.65. The summed E-state index contributed by atoms with van der Waals surface area (Å²) < 4.78 is 52.3. The number of halogens is 3. The largest absolute Gasteiger partial charge is 0.454 e. The summed E-state index contributed by atoms with van der Waals surface area (Å²) in [6.07, 6.45) is -3.50. The number of benzene rings is 3. The molecule has 0 radical (unpaired) electrons. The fraction of sp³-hybridized carbons (Fsp3) is 0.200. The van der Waals surface area contributed by atoms with Crippen molar-refractivity contribution in [1.82, 2.24) is 0 Å². The first-order valence-electron chi connectivity index (χ1n) is 10.5. The van der Waals surface area contributed by atoms with Crippen molar-refractivity contribution in [3.05, 3.63) is 77.4 Å². The van der Waals surface area contributed by atoms with Crippen molar-refractivity contribution in [3.63, 3.8) is 0 Å².